The first-order valence-corrected chi connectivity index (χ1v) is 7.44. The van der Waals surface area contributed by atoms with Gasteiger partial charge in [-0.25, -0.2) is 9.18 Å². The lowest BCUT2D eigenvalue weighted by atomic mass is 10.2. The van der Waals surface area contributed by atoms with E-state index in [-0.39, 0.29) is 12.4 Å². The number of esters is 1. The first-order chi connectivity index (χ1) is 11.5. The van der Waals surface area contributed by atoms with Gasteiger partial charge in [0.1, 0.15) is 11.6 Å². The van der Waals surface area contributed by atoms with Crippen molar-refractivity contribution in [3.63, 3.8) is 0 Å². The Kier molecular flexibility index (Phi) is 6.31. The molecule has 0 spiro atoms. The molecule has 24 heavy (non-hydrogen) atoms. The number of hydrogen-bond donors (Lipinski definition) is 1. The van der Waals surface area contributed by atoms with Crippen molar-refractivity contribution in [2.75, 3.05) is 6.61 Å². The van der Waals surface area contributed by atoms with E-state index in [0.29, 0.717) is 5.75 Å². The molecule has 2 aromatic carbocycles. The molecule has 0 unspecified atom stereocenters. The molecule has 0 bridgehead atoms. The average Bonchev–Trinajstić information content (AvgIpc) is 2.60. The lowest BCUT2D eigenvalue weighted by molar-refractivity contribution is -0.154. The van der Waals surface area contributed by atoms with Gasteiger partial charge in [0.25, 0.3) is 5.91 Å². The Hall–Kier alpha value is -2.89. The van der Waals surface area contributed by atoms with Gasteiger partial charge in [0, 0.05) is 6.54 Å². The SMILES string of the molecule is C[C@@H](Oc1ccccc1)C(=O)OCC(=O)NCc1ccc(F)cc1. The summed E-state index contributed by atoms with van der Waals surface area (Å²) in [7, 11) is 0. The van der Waals surface area contributed by atoms with Gasteiger partial charge in [-0.05, 0) is 36.8 Å². The van der Waals surface area contributed by atoms with E-state index >= 15 is 0 Å². The molecule has 0 aliphatic carbocycles. The molecule has 2 rings (SSSR count). The van der Waals surface area contributed by atoms with Crippen LogP contribution in [0.3, 0.4) is 0 Å². The first kappa shape index (κ1) is 17.5. The minimum Gasteiger partial charge on any atom is -0.479 e. The van der Waals surface area contributed by atoms with Crippen LogP contribution in [0.15, 0.2) is 54.6 Å². The predicted molar refractivity (Wildman–Crippen MR) is 85.7 cm³/mol. The van der Waals surface area contributed by atoms with Crippen LogP contribution in [0.4, 0.5) is 4.39 Å². The molecule has 0 radical (unpaired) electrons. The second-order valence-corrected chi connectivity index (χ2v) is 5.08. The minimum atomic E-state index is -0.822. The van der Waals surface area contributed by atoms with Crippen LogP contribution >= 0.6 is 0 Å². The van der Waals surface area contributed by atoms with E-state index in [1.807, 2.05) is 6.07 Å². The number of para-hydroxylation sites is 1. The largest absolute Gasteiger partial charge is 0.479 e. The second-order valence-electron chi connectivity index (χ2n) is 5.08. The van der Waals surface area contributed by atoms with E-state index in [0.717, 1.165) is 5.56 Å². The summed E-state index contributed by atoms with van der Waals surface area (Å²) < 4.78 is 23.1. The number of benzene rings is 2. The molecule has 1 N–H and O–H groups in total. The van der Waals surface area contributed by atoms with Crippen LogP contribution in [0.2, 0.25) is 0 Å². The van der Waals surface area contributed by atoms with Gasteiger partial charge >= 0.3 is 5.97 Å². The molecule has 0 heterocycles. The summed E-state index contributed by atoms with van der Waals surface area (Å²) >= 11 is 0. The highest BCUT2D eigenvalue weighted by Gasteiger charge is 2.17. The second kappa shape index (κ2) is 8.67. The molecule has 0 saturated carbocycles. The first-order valence-electron chi connectivity index (χ1n) is 7.44. The molecule has 0 aliphatic heterocycles. The van der Waals surface area contributed by atoms with E-state index in [4.69, 9.17) is 9.47 Å². The highest BCUT2D eigenvalue weighted by atomic mass is 19.1. The summed E-state index contributed by atoms with van der Waals surface area (Å²) in [5, 5.41) is 2.58. The molecule has 0 saturated heterocycles. The van der Waals surface area contributed by atoms with Gasteiger partial charge in [-0.3, -0.25) is 4.79 Å². The zero-order valence-corrected chi connectivity index (χ0v) is 13.2. The van der Waals surface area contributed by atoms with Crippen LogP contribution in [0.5, 0.6) is 5.75 Å². The van der Waals surface area contributed by atoms with E-state index in [1.54, 1.807) is 43.3 Å². The van der Waals surface area contributed by atoms with E-state index in [1.165, 1.54) is 12.1 Å². The summed E-state index contributed by atoms with van der Waals surface area (Å²) in [6, 6.07) is 14.6. The third kappa shape index (κ3) is 5.72. The quantitative estimate of drug-likeness (QED) is 0.792. The van der Waals surface area contributed by atoms with Gasteiger partial charge < -0.3 is 14.8 Å². The van der Waals surface area contributed by atoms with E-state index in [2.05, 4.69) is 5.32 Å². The maximum absolute atomic E-state index is 12.8. The fraction of sp³-hybridized carbons (Fsp3) is 0.222. The Morgan fingerprint density at radius 1 is 1.08 bits per heavy atom. The van der Waals surface area contributed by atoms with Gasteiger partial charge in [-0.1, -0.05) is 30.3 Å². The van der Waals surface area contributed by atoms with Crippen LogP contribution in [-0.2, 0) is 20.9 Å². The maximum Gasteiger partial charge on any atom is 0.347 e. The Morgan fingerprint density at radius 3 is 2.42 bits per heavy atom. The topological polar surface area (TPSA) is 64.6 Å². The molecular weight excluding hydrogens is 313 g/mol. The van der Waals surface area contributed by atoms with Gasteiger partial charge in [-0.15, -0.1) is 0 Å². The number of rotatable bonds is 7. The Labute approximate surface area is 139 Å². The van der Waals surface area contributed by atoms with Crippen molar-refractivity contribution in [2.24, 2.45) is 0 Å². The number of carbonyl (C=O) groups is 2. The fourth-order valence-corrected chi connectivity index (χ4v) is 1.86. The standard InChI is InChI=1S/C18H18FNO4/c1-13(24-16-5-3-2-4-6-16)18(22)23-12-17(21)20-11-14-7-9-15(19)10-8-14/h2-10,13H,11-12H2,1H3,(H,20,21)/t13-/m1/s1. The van der Waals surface area contributed by atoms with Crippen LogP contribution < -0.4 is 10.1 Å². The molecule has 2 aromatic rings. The van der Waals surface area contributed by atoms with Crippen molar-refractivity contribution in [3.05, 3.63) is 66.0 Å². The van der Waals surface area contributed by atoms with Crippen molar-refractivity contribution in [1.29, 1.82) is 0 Å². The van der Waals surface area contributed by atoms with Gasteiger partial charge in [-0.2, -0.15) is 0 Å². The molecule has 0 fully saturated rings. The molecule has 0 aliphatic rings. The Morgan fingerprint density at radius 2 is 1.75 bits per heavy atom. The van der Waals surface area contributed by atoms with Crippen molar-refractivity contribution in [2.45, 2.75) is 19.6 Å². The summed E-state index contributed by atoms with van der Waals surface area (Å²) in [4.78, 5) is 23.5. The summed E-state index contributed by atoms with van der Waals surface area (Å²) in [6.07, 6.45) is -0.822. The predicted octanol–water partition coefficient (Wildman–Crippen LogP) is 2.45. The van der Waals surface area contributed by atoms with E-state index in [9.17, 15) is 14.0 Å². The highest BCUT2D eigenvalue weighted by molar-refractivity contribution is 5.81. The van der Waals surface area contributed by atoms with Crippen molar-refractivity contribution in [1.82, 2.24) is 5.32 Å². The van der Waals surface area contributed by atoms with Crippen molar-refractivity contribution in [3.8, 4) is 5.75 Å². The lowest BCUT2D eigenvalue weighted by Gasteiger charge is -2.13. The number of ether oxygens (including phenoxy) is 2. The van der Waals surface area contributed by atoms with Crippen LogP contribution in [-0.4, -0.2) is 24.6 Å². The molecule has 1 atom stereocenters. The molecule has 5 nitrogen and oxygen atoms in total. The minimum absolute atomic E-state index is 0.229. The molecule has 1 amide bonds. The van der Waals surface area contributed by atoms with Crippen LogP contribution in [0.25, 0.3) is 0 Å². The van der Waals surface area contributed by atoms with Gasteiger partial charge in [0.15, 0.2) is 12.7 Å². The zero-order chi connectivity index (χ0) is 17.4. The molecule has 6 heteroatoms. The van der Waals surface area contributed by atoms with Crippen molar-refractivity contribution >= 4 is 11.9 Å². The van der Waals surface area contributed by atoms with Gasteiger partial charge in [0.05, 0.1) is 0 Å². The van der Waals surface area contributed by atoms with Crippen LogP contribution in [0, 0.1) is 5.82 Å². The lowest BCUT2D eigenvalue weighted by Crippen LogP contribution is -2.32. The summed E-state index contributed by atoms with van der Waals surface area (Å²) in [6.45, 7) is 1.38. The third-order valence-corrected chi connectivity index (χ3v) is 3.14. The van der Waals surface area contributed by atoms with Crippen LogP contribution in [0.1, 0.15) is 12.5 Å². The number of halogens is 1. The fourth-order valence-electron chi connectivity index (χ4n) is 1.86. The normalized spacial score (nSPS) is 11.4. The Balaban J connectivity index is 1.70. The average molecular weight is 331 g/mol. The third-order valence-electron chi connectivity index (χ3n) is 3.14. The Bertz CT molecular complexity index is 673. The number of nitrogens with one attached hydrogen (secondary N) is 1. The number of amides is 1. The number of carbonyl (C=O) groups excluding carboxylic acids is 2. The number of hydrogen-bond acceptors (Lipinski definition) is 4. The molecular formula is C18H18FNO4. The summed E-state index contributed by atoms with van der Waals surface area (Å²) in [5.41, 5.74) is 0.747. The maximum atomic E-state index is 12.8. The molecule has 0 aromatic heterocycles. The molecule has 126 valence electrons. The monoisotopic (exact) mass is 331 g/mol. The smallest absolute Gasteiger partial charge is 0.347 e. The van der Waals surface area contributed by atoms with Gasteiger partial charge in [0.2, 0.25) is 0 Å². The van der Waals surface area contributed by atoms with Crippen molar-refractivity contribution < 1.29 is 23.5 Å². The highest BCUT2D eigenvalue weighted by Crippen LogP contribution is 2.11. The summed E-state index contributed by atoms with van der Waals surface area (Å²) in [5.74, 6) is -0.871. The van der Waals surface area contributed by atoms with E-state index < -0.39 is 24.6 Å². The zero-order valence-electron chi connectivity index (χ0n) is 13.2.